The molecule has 5 aromatic rings. The topological polar surface area (TPSA) is 151 Å². The van der Waals surface area contributed by atoms with Crippen molar-refractivity contribution in [1.82, 2.24) is 24.2 Å². The van der Waals surface area contributed by atoms with Crippen LogP contribution in [0.3, 0.4) is 0 Å². The molecule has 2 N–H and O–H groups in total. The van der Waals surface area contributed by atoms with Crippen LogP contribution in [0.1, 0.15) is 64.5 Å². The molecule has 57 heavy (non-hydrogen) atoms. The molecular formula is C42H51N6O8P. The van der Waals surface area contributed by atoms with Gasteiger partial charge in [-0.05, 0) is 75.3 Å². The Morgan fingerprint density at radius 2 is 1.51 bits per heavy atom. The van der Waals surface area contributed by atoms with Crippen LogP contribution < -0.4 is 20.3 Å². The van der Waals surface area contributed by atoms with Gasteiger partial charge in [0.15, 0.2) is 23.5 Å². The summed E-state index contributed by atoms with van der Waals surface area (Å²) in [6, 6.07) is 25.9. The Morgan fingerprint density at radius 3 is 2.05 bits per heavy atom. The van der Waals surface area contributed by atoms with Crippen molar-refractivity contribution < 1.29 is 33.0 Å². The SMILES string of the molecule is COc1ccc(C(O[C@@]23CO[C@@H]([C@H](n4cnc5c(=O)[nH]c(NC(=O)C(C)C)nc54)O2)[C@@H]3OP(C)N(C(C)C)C(C)C)(c2ccccc2)c2ccc(OC)cc2)cc1. The fraction of sp³-hybridized carbons (Fsp3) is 0.429. The van der Waals surface area contributed by atoms with Gasteiger partial charge >= 0.3 is 0 Å². The number of carbonyl (C=O) groups excluding carboxylic acids is 1. The summed E-state index contributed by atoms with van der Waals surface area (Å²) in [5, 5.41) is 2.70. The number of anilines is 1. The van der Waals surface area contributed by atoms with Crippen molar-refractivity contribution >= 4 is 31.3 Å². The molecule has 4 heterocycles. The van der Waals surface area contributed by atoms with Gasteiger partial charge in [0.2, 0.25) is 17.6 Å². The maximum Gasteiger partial charge on any atom is 0.280 e. The maximum atomic E-state index is 13.3. The fourth-order valence-corrected chi connectivity index (χ4v) is 9.88. The largest absolute Gasteiger partial charge is 0.497 e. The van der Waals surface area contributed by atoms with Crippen LogP contribution in [0.25, 0.3) is 11.2 Å². The zero-order valence-corrected chi connectivity index (χ0v) is 34.7. The molecule has 2 fully saturated rings. The van der Waals surface area contributed by atoms with Gasteiger partial charge < -0.3 is 28.2 Å². The second-order valence-electron chi connectivity index (χ2n) is 15.1. The Balaban J connectivity index is 1.42. The average Bonchev–Trinajstić information content (AvgIpc) is 3.86. The normalized spacial score (nSPS) is 21.2. The van der Waals surface area contributed by atoms with Gasteiger partial charge in [-0.15, -0.1) is 0 Å². The Labute approximate surface area is 333 Å². The van der Waals surface area contributed by atoms with E-state index in [1.165, 1.54) is 6.33 Å². The first-order valence-electron chi connectivity index (χ1n) is 19.1. The first-order chi connectivity index (χ1) is 27.3. The van der Waals surface area contributed by atoms with Crippen LogP contribution in [0.5, 0.6) is 11.5 Å². The van der Waals surface area contributed by atoms with Crippen LogP contribution in [0.15, 0.2) is 90.0 Å². The Bertz CT molecular complexity index is 2170. The van der Waals surface area contributed by atoms with Gasteiger partial charge in [-0.2, -0.15) is 4.98 Å². The lowest BCUT2D eigenvalue weighted by molar-refractivity contribution is -0.316. The quantitative estimate of drug-likeness (QED) is 0.0850. The van der Waals surface area contributed by atoms with E-state index in [1.54, 1.807) is 32.6 Å². The number of hydrogen-bond acceptors (Lipinski definition) is 11. The van der Waals surface area contributed by atoms with Crippen molar-refractivity contribution in [3.05, 3.63) is 112 Å². The molecule has 302 valence electrons. The molecule has 0 radical (unpaired) electrons. The van der Waals surface area contributed by atoms with E-state index in [-0.39, 0.29) is 47.6 Å². The standard InChI is InChI=1S/C42H51N6O8P/c1-25(2)37(49)45-40-44-36-33(38(50)46-40)43-24-47(36)39-34-35(55-57(9)48(26(3)4)27(5)6)41(54-39,23-53-34)56-42(28-13-11-10-12-14-28,29-15-19-31(51-7)20-16-29)30-17-21-32(52-8)22-18-30/h10-22,24-27,34-35,39H,23H2,1-9H3,(H2,44,45,46,49,50)/t34-,35+,39-,41-,57?/m1/s1. The predicted molar refractivity (Wildman–Crippen MR) is 217 cm³/mol. The monoisotopic (exact) mass is 798 g/mol. The van der Waals surface area contributed by atoms with E-state index in [1.807, 2.05) is 78.9 Å². The predicted octanol–water partition coefficient (Wildman–Crippen LogP) is 6.81. The highest BCUT2D eigenvalue weighted by molar-refractivity contribution is 7.49. The first kappa shape index (κ1) is 40.5. The van der Waals surface area contributed by atoms with E-state index in [2.05, 4.69) is 59.3 Å². The molecule has 3 aromatic carbocycles. The van der Waals surface area contributed by atoms with Crippen molar-refractivity contribution in [1.29, 1.82) is 0 Å². The molecule has 0 saturated carbocycles. The van der Waals surface area contributed by atoms with Crippen molar-refractivity contribution in [3.63, 3.8) is 0 Å². The molecule has 2 aromatic heterocycles. The molecule has 5 atom stereocenters. The number of rotatable bonds is 15. The highest BCUT2D eigenvalue weighted by atomic mass is 31.2. The summed E-state index contributed by atoms with van der Waals surface area (Å²) in [5.74, 6) is -0.778. The van der Waals surface area contributed by atoms with Gasteiger partial charge in [0.25, 0.3) is 5.56 Å². The van der Waals surface area contributed by atoms with E-state index >= 15 is 0 Å². The second kappa shape index (κ2) is 16.3. The van der Waals surface area contributed by atoms with Gasteiger partial charge in [0.05, 0.1) is 20.5 Å². The number of nitrogens with zero attached hydrogens (tertiary/aromatic N) is 4. The molecule has 14 nitrogen and oxygen atoms in total. The summed E-state index contributed by atoms with van der Waals surface area (Å²) in [6.07, 6.45) is -0.880. The summed E-state index contributed by atoms with van der Waals surface area (Å²) >= 11 is 0. The van der Waals surface area contributed by atoms with Gasteiger partial charge in [-0.3, -0.25) is 29.1 Å². The fourth-order valence-electron chi connectivity index (χ4n) is 7.86. The van der Waals surface area contributed by atoms with E-state index in [9.17, 15) is 9.59 Å². The number of aromatic nitrogens is 4. The zero-order chi connectivity index (χ0) is 40.6. The second-order valence-corrected chi connectivity index (χ2v) is 16.7. The van der Waals surface area contributed by atoms with E-state index in [4.69, 9.17) is 28.2 Å². The number of ether oxygens (including phenoxy) is 5. The number of aromatic amines is 1. The molecule has 2 saturated heterocycles. The molecule has 2 bridgehead atoms. The summed E-state index contributed by atoms with van der Waals surface area (Å²) in [5.41, 5.74) is 0.929. The lowest BCUT2D eigenvalue weighted by Crippen LogP contribution is -2.51. The maximum absolute atomic E-state index is 13.3. The zero-order valence-electron chi connectivity index (χ0n) is 33.8. The lowest BCUT2D eigenvalue weighted by Gasteiger charge is -2.44. The number of imidazole rings is 1. The van der Waals surface area contributed by atoms with E-state index in [0.29, 0.717) is 11.5 Å². The molecule has 2 aliphatic rings. The summed E-state index contributed by atoms with van der Waals surface area (Å²) in [7, 11) is 2.05. The van der Waals surface area contributed by atoms with Gasteiger partial charge in [0, 0.05) is 18.0 Å². The summed E-state index contributed by atoms with van der Waals surface area (Å²) in [6.45, 7) is 14.2. The number of hydrogen-bond donors (Lipinski definition) is 2. The minimum atomic E-state index is -1.52. The number of H-pyrrole nitrogens is 1. The molecular weight excluding hydrogens is 747 g/mol. The lowest BCUT2D eigenvalue weighted by atomic mass is 9.79. The minimum Gasteiger partial charge on any atom is -0.497 e. The van der Waals surface area contributed by atoms with Crippen molar-refractivity contribution in [2.24, 2.45) is 5.92 Å². The smallest absolute Gasteiger partial charge is 0.280 e. The Hall–Kier alpha value is -4.69. The van der Waals surface area contributed by atoms with Crippen LogP contribution in [-0.4, -0.2) is 87.7 Å². The molecule has 1 unspecified atom stereocenters. The molecule has 7 rings (SSSR count). The van der Waals surface area contributed by atoms with Crippen molar-refractivity contribution in [2.45, 2.75) is 83.5 Å². The molecule has 15 heteroatoms. The van der Waals surface area contributed by atoms with Crippen LogP contribution in [0.2, 0.25) is 0 Å². The number of methoxy groups -OCH3 is 2. The highest BCUT2D eigenvalue weighted by Gasteiger charge is 2.68. The van der Waals surface area contributed by atoms with E-state index < -0.39 is 43.7 Å². The van der Waals surface area contributed by atoms with Crippen LogP contribution >= 0.6 is 8.30 Å². The number of amides is 1. The highest BCUT2D eigenvalue weighted by Crippen LogP contribution is 2.57. The van der Waals surface area contributed by atoms with Gasteiger partial charge in [-0.25, -0.2) is 4.98 Å². The van der Waals surface area contributed by atoms with Crippen LogP contribution in [0.4, 0.5) is 5.95 Å². The molecule has 1 amide bonds. The van der Waals surface area contributed by atoms with Gasteiger partial charge in [0.1, 0.15) is 38.1 Å². The molecule has 2 aliphatic heterocycles. The molecule has 0 aliphatic carbocycles. The number of benzene rings is 3. The van der Waals surface area contributed by atoms with Crippen molar-refractivity contribution in [2.75, 3.05) is 32.8 Å². The Kier molecular flexibility index (Phi) is 11.6. The van der Waals surface area contributed by atoms with E-state index in [0.717, 1.165) is 16.7 Å². The third-order valence-electron chi connectivity index (χ3n) is 10.4. The van der Waals surface area contributed by atoms with Crippen LogP contribution in [-0.2, 0) is 29.1 Å². The number of fused-ring (bicyclic) bond motifs is 3. The molecule has 0 spiro atoms. The van der Waals surface area contributed by atoms with Gasteiger partial charge in [-0.1, -0.05) is 68.4 Å². The van der Waals surface area contributed by atoms with Crippen molar-refractivity contribution in [3.8, 4) is 11.5 Å². The summed E-state index contributed by atoms with van der Waals surface area (Å²) in [4.78, 5) is 37.7. The van der Waals surface area contributed by atoms with Crippen LogP contribution in [0, 0.1) is 5.92 Å². The summed E-state index contributed by atoms with van der Waals surface area (Å²) < 4.78 is 43.9. The number of carbonyl (C=O) groups is 1. The number of nitrogens with one attached hydrogen (secondary N) is 2. The Morgan fingerprint density at radius 1 is 0.930 bits per heavy atom. The third-order valence-corrected chi connectivity index (χ3v) is 12.5. The first-order valence-corrected chi connectivity index (χ1v) is 20.8. The average molecular weight is 799 g/mol. The minimum absolute atomic E-state index is 0.000480. The third kappa shape index (κ3) is 7.46.